The molecule has 5 aliphatic rings. The smallest absolute Gasteiger partial charge is 0.0147 e. The first kappa shape index (κ1) is 22.3. The van der Waals surface area contributed by atoms with Crippen molar-refractivity contribution < 1.29 is 0 Å². The van der Waals surface area contributed by atoms with Crippen molar-refractivity contribution in [3.8, 4) is 0 Å². The molecule has 0 spiro atoms. The fourth-order valence-electron chi connectivity index (χ4n) is 9.86. The zero-order valence-corrected chi connectivity index (χ0v) is 22.2. The summed E-state index contributed by atoms with van der Waals surface area (Å²) < 4.78 is 0. The third kappa shape index (κ3) is 2.73. The maximum Gasteiger partial charge on any atom is 0.0147 e. The predicted octanol–water partition coefficient (Wildman–Crippen LogP) is 9.60. The molecule has 0 amide bonds. The van der Waals surface area contributed by atoms with Crippen LogP contribution in [-0.4, -0.2) is 0 Å². The number of halogens is 1. The van der Waals surface area contributed by atoms with Crippen LogP contribution >= 0.6 is 11.6 Å². The Morgan fingerprint density at radius 2 is 1.65 bits per heavy atom. The maximum absolute atomic E-state index is 6.79. The average Bonchev–Trinajstić information content (AvgIpc) is 2.97. The van der Waals surface area contributed by atoms with E-state index >= 15 is 0 Å². The Morgan fingerprint density at radius 1 is 0.935 bits per heavy atom. The first-order valence-electron chi connectivity index (χ1n) is 13.0. The lowest BCUT2D eigenvalue weighted by molar-refractivity contribution is -0.0965. The number of hydrogen-bond donors (Lipinski definition) is 0. The van der Waals surface area contributed by atoms with Gasteiger partial charge in [0.1, 0.15) is 0 Å². The third-order valence-corrected chi connectivity index (χ3v) is 12.2. The monoisotopic (exact) mass is 440 g/mol. The normalized spacial score (nSPS) is 50.2. The molecule has 0 aliphatic heterocycles. The molecule has 172 valence electrons. The second kappa shape index (κ2) is 6.55. The molecule has 3 saturated carbocycles. The molecule has 5 rings (SSSR count). The number of hydrogen-bond acceptors (Lipinski definition) is 0. The molecule has 1 heteroatoms. The second-order valence-corrected chi connectivity index (χ2v) is 14.5. The van der Waals surface area contributed by atoms with Crippen LogP contribution in [0.5, 0.6) is 0 Å². The molecule has 0 aromatic rings. The molecular formula is C30H45Cl. The van der Waals surface area contributed by atoms with Gasteiger partial charge in [-0.2, -0.15) is 0 Å². The van der Waals surface area contributed by atoms with Crippen LogP contribution < -0.4 is 0 Å². The Balaban J connectivity index is 1.64. The first-order chi connectivity index (χ1) is 14.3. The topological polar surface area (TPSA) is 0 Å². The highest BCUT2D eigenvalue weighted by molar-refractivity contribution is 6.29. The molecule has 0 radical (unpaired) electrons. The van der Waals surface area contributed by atoms with Crippen LogP contribution in [0.1, 0.15) is 113 Å². The minimum atomic E-state index is 0.253. The molecule has 0 aromatic carbocycles. The van der Waals surface area contributed by atoms with Crippen molar-refractivity contribution in [3.05, 3.63) is 33.4 Å². The van der Waals surface area contributed by atoms with Gasteiger partial charge < -0.3 is 0 Å². The van der Waals surface area contributed by atoms with Gasteiger partial charge in [0.2, 0.25) is 0 Å². The fraction of sp³-hybridized carbons (Fsp3) is 0.800. The summed E-state index contributed by atoms with van der Waals surface area (Å²) >= 11 is 6.79. The van der Waals surface area contributed by atoms with Crippen molar-refractivity contribution in [2.45, 2.75) is 113 Å². The quantitative estimate of drug-likeness (QED) is 0.329. The SMILES string of the molecule is CC1=C2CC[C@]3(C)[C@H](CC=C4[C@@H]5CC(C)(C)C/C(=C(/C)Cl)[C@@]5(C)CC[C@@]43C)[C@@]2(C)CC1. The lowest BCUT2D eigenvalue weighted by Crippen LogP contribution is -2.59. The van der Waals surface area contributed by atoms with E-state index < -0.39 is 0 Å². The largest absolute Gasteiger partial charge is 0.0895 e. The lowest BCUT2D eigenvalue weighted by atomic mass is 9.36. The van der Waals surface area contributed by atoms with E-state index in [0.717, 1.165) is 11.0 Å². The van der Waals surface area contributed by atoms with Gasteiger partial charge in [-0.25, -0.2) is 0 Å². The van der Waals surface area contributed by atoms with E-state index in [4.69, 9.17) is 11.6 Å². The van der Waals surface area contributed by atoms with Crippen LogP contribution in [0.2, 0.25) is 0 Å². The van der Waals surface area contributed by atoms with Crippen molar-refractivity contribution in [2.75, 3.05) is 0 Å². The van der Waals surface area contributed by atoms with E-state index in [0.29, 0.717) is 27.6 Å². The van der Waals surface area contributed by atoms with Gasteiger partial charge in [-0.05, 0) is 116 Å². The Hall–Kier alpha value is -0.490. The van der Waals surface area contributed by atoms with Crippen LogP contribution in [0.4, 0.5) is 0 Å². The summed E-state index contributed by atoms with van der Waals surface area (Å²) in [7, 11) is 0. The van der Waals surface area contributed by atoms with Gasteiger partial charge >= 0.3 is 0 Å². The van der Waals surface area contributed by atoms with Gasteiger partial charge in [0.15, 0.2) is 0 Å². The van der Waals surface area contributed by atoms with Gasteiger partial charge in [-0.3, -0.25) is 0 Å². The maximum atomic E-state index is 6.79. The Labute approximate surface area is 197 Å². The molecule has 31 heavy (non-hydrogen) atoms. The molecule has 0 aromatic heterocycles. The summed E-state index contributed by atoms with van der Waals surface area (Å²) in [6.07, 6.45) is 14.7. The van der Waals surface area contributed by atoms with E-state index in [1.165, 1.54) is 57.8 Å². The lowest BCUT2D eigenvalue weighted by Gasteiger charge is -2.68. The van der Waals surface area contributed by atoms with Crippen molar-refractivity contribution in [1.29, 1.82) is 0 Å². The minimum Gasteiger partial charge on any atom is -0.0895 e. The molecule has 0 heterocycles. The molecular weight excluding hydrogens is 396 g/mol. The Bertz CT molecular complexity index is 911. The second-order valence-electron chi connectivity index (χ2n) is 13.9. The summed E-state index contributed by atoms with van der Waals surface area (Å²) in [5.41, 5.74) is 8.75. The molecule has 0 saturated heterocycles. The molecule has 0 nitrogen and oxygen atoms in total. The molecule has 0 bridgehead atoms. The zero-order chi connectivity index (χ0) is 22.6. The van der Waals surface area contributed by atoms with Crippen LogP contribution in [0.25, 0.3) is 0 Å². The highest BCUT2D eigenvalue weighted by Gasteiger charge is 2.65. The van der Waals surface area contributed by atoms with Gasteiger partial charge in [-0.1, -0.05) is 75.9 Å². The van der Waals surface area contributed by atoms with Crippen LogP contribution in [0, 0.1) is 38.9 Å². The predicted molar refractivity (Wildman–Crippen MR) is 134 cm³/mol. The van der Waals surface area contributed by atoms with E-state index in [1.807, 2.05) is 11.1 Å². The standard InChI is InChI=1S/C30H45Cl/c1-19-11-13-28(6)21(19)12-14-30(8)25(28)10-9-22-24-18-26(3,4)17-23(20(2)31)27(24,5)15-16-29(22,30)7/h9,24-25H,10-18H2,1-8H3/b23-20+/t24-,25+,27+,28-,29-,30+/m0/s1. The molecule has 3 fully saturated rings. The minimum absolute atomic E-state index is 0.253. The Kier molecular flexibility index (Phi) is 4.71. The number of rotatable bonds is 0. The van der Waals surface area contributed by atoms with Gasteiger partial charge in [-0.15, -0.1) is 0 Å². The summed E-state index contributed by atoms with van der Waals surface area (Å²) in [6, 6.07) is 0. The van der Waals surface area contributed by atoms with Crippen molar-refractivity contribution in [3.63, 3.8) is 0 Å². The number of allylic oxidation sites excluding steroid dienone is 6. The van der Waals surface area contributed by atoms with Crippen LogP contribution in [0.15, 0.2) is 33.4 Å². The van der Waals surface area contributed by atoms with E-state index in [2.05, 4.69) is 61.5 Å². The van der Waals surface area contributed by atoms with Crippen LogP contribution in [0.3, 0.4) is 0 Å². The highest BCUT2D eigenvalue weighted by Crippen LogP contribution is 2.75. The van der Waals surface area contributed by atoms with E-state index in [9.17, 15) is 0 Å². The summed E-state index contributed by atoms with van der Waals surface area (Å²) in [5, 5.41) is 1.07. The molecule has 0 unspecified atom stereocenters. The molecule has 5 aliphatic carbocycles. The molecule has 6 atom stereocenters. The summed E-state index contributed by atoms with van der Waals surface area (Å²) in [6.45, 7) is 20.1. The van der Waals surface area contributed by atoms with Gasteiger partial charge in [0.05, 0.1) is 0 Å². The van der Waals surface area contributed by atoms with Gasteiger partial charge in [0, 0.05) is 5.03 Å². The Morgan fingerprint density at radius 3 is 2.32 bits per heavy atom. The van der Waals surface area contributed by atoms with E-state index in [-0.39, 0.29) is 5.41 Å². The summed E-state index contributed by atoms with van der Waals surface area (Å²) in [4.78, 5) is 0. The zero-order valence-electron chi connectivity index (χ0n) is 21.5. The van der Waals surface area contributed by atoms with Crippen molar-refractivity contribution in [1.82, 2.24) is 0 Å². The van der Waals surface area contributed by atoms with E-state index in [1.54, 1.807) is 11.1 Å². The first-order valence-corrected chi connectivity index (χ1v) is 13.4. The summed E-state index contributed by atoms with van der Waals surface area (Å²) in [5.74, 6) is 1.47. The average molecular weight is 441 g/mol. The van der Waals surface area contributed by atoms with Crippen LogP contribution in [-0.2, 0) is 0 Å². The van der Waals surface area contributed by atoms with Crippen molar-refractivity contribution in [2.24, 2.45) is 38.9 Å². The molecule has 0 N–H and O–H groups in total. The number of fused-ring (bicyclic) bond motifs is 7. The van der Waals surface area contributed by atoms with Crippen molar-refractivity contribution >= 4 is 11.6 Å². The highest BCUT2D eigenvalue weighted by atomic mass is 35.5. The third-order valence-electron chi connectivity index (χ3n) is 11.9. The van der Waals surface area contributed by atoms with Gasteiger partial charge in [0.25, 0.3) is 0 Å². The fourth-order valence-corrected chi connectivity index (χ4v) is 10.1.